The summed E-state index contributed by atoms with van der Waals surface area (Å²) in [6, 6.07) is 7.67. The Balaban J connectivity index is 1.58. The molecule has 6 nitrogen and oxygen atoms in total. The standard InChI is InChI=1S/C20H27N3O3/c1-15-14-21-20(23(15)10-11-24)17-6-8-22(9-7-17)19(25)13-16-4-3-5-18(12-16)26-2/h3-5,12,14,17,24H,6-11,13H2,1-2H3. The molecule has 3 rings (SSSR count). The van der Waals surface area contributed by atoms with Crippen molar-refractivity contribution >= 4 is 5.91 Å². The third-order valence-corrected chi connectivity index (χ3v) is 5.11. The smallest absolute Gasteiger partial charge is 0.226 e. The summed E-state index contributed by atoms with van der Waals surface area (Å²) in [6.07, 6.45) is 4.09. The number of imidazole rings is 1. The van der Waals surface area contributed by atoms with E-state index < -0.39 is 0 Å². The van der Waals surface area contributed by atoms with Crippen LogP contribution in [0.1, 0.15) is 35.8 Å². The molecule has 1 aromatic heterocycles. The molecule has 1 N–H and O–H groups in total. The van der Waals surface area contributed by atoms with Gasteiger partial charge in [0, 0.05) is 37.4 Å². The van der Waals surface area contributed by atoms with E-state index in [0.717, 1.165) is 48.8 Å². The third-order valence-electron chi connectivity index (χ3n) is 5.11. The van der Waals surface area contributed by atoms with Crippen molar-refractivity contribution in [2.75, 3.05) is 26.8 Å². The summed E-state index contributed by atoms with van der Waals surface area (Å²) in [4.78, 5) is 19.1. The molecule has 26 heavy (non-hydrogen) atoms. The Kier molecular flexibility index (Phi) is 5.93. The lowest BCUT2D eigenvalue weighted by molar-refractivity contribution is -0.131. The van der Waals surface area contributed by atoms with Gasteiger partial charge in [0.05, 0.1) is 20.1 Å². The maximum atomic E-state index is 12.6. The molecule has 0 bridgehead atoms. The number of hydrogen-bond donors (Lipinski definition) is 1. The number of likely N-dealkylation sites (tertiary alicyclic amines) is 1. The topological polar surface area (TPSA) is 67.6 Å². The average Bonchev–Trinajstić information content (AvgIpc) is 3.03. The van der Waals surface area contributed by atoms with Gasteiger partial charge in [-0.1, -0.05) is 12.1 Å². The van der Waals surface area contributed by atoms with Crippen LogP contribution < -0.4 is 4.74 Å². The van der Waals surface area contributed by atoms with Crippen LogP contribution in [0.25, 0.3) is 0 Å². The number of aryl methyl sites for hydroxylation is 1. The maximum Gasteiger partial charge on any atom is 0.226 e. The number of amides is 1. The van der Waals surface area contributed by atoms with E-state index in [1.807, 2.05) is 42.3 Å². The molecule has 1 amide bonds. The van der Waals surface area contributed by atoms with Crippen molar-refractivity contribution < 1.29 is 14.6 Å². The Hall–Kier alpha value is -2.34. The Morgan fingerprint density at radius 2 is 2.12 bits per heavy atom. The minimum atomic E-state index is 0.113. The molecule has 0 aliphatic carbocycles. The highest BCUT2D eigenvalue weighted by Crippen LogP contribution is 2.28. The second kappa shape index (κ2) is 8.36. The highest BCUT2D eigenvalue weighted by Gasteiger charge is 2.27. The number of rotatable bonds is 6. The Morgan fingerprint density at radius 3 is 2.81 bits per heavy atom. The summed E-state index contributed by atoms with van der Waals surface area (Å²) < 4.78 is 7.32. The minimum absolute atomic E-state index is 0.113. The van der Waals surface area contributed by atoms with E-state index >= 15 is 0 Å². The molecule has 6 heteroatoms. The van der Waals surface area contributed by atoms with Gasteiger partial charge in [-0.05, 0) is 37.5 Å². The molecule has 0 saturated carbocycles. The fourth-order valence-corrected chi connectivity index (χ4v) is 3.65. The first-order valence-electron chi connectivity index (χ1n) is 9.16. The number of aliphatic hydroxyl groups is 1. The highest BCUT2D eigenvalue weighted by molar-refractivity contribution is 5.79. The van der Waals surface area contributed by atoms with E-state index in [-0.39, 0.29) is 12.5 Å². The van der Waals surface area contributed by atoms with Crippen LogP contribution in [0.5, 0.6) is 5.75 Å². The van der Waals surface area contributed by atoms with E-state index in [9.17, 15) is 9.90 Å². The van der Waals surface area contributed by atoms with Gasteiger partial charge in [-0.3, -0.25) is 4.79 Å². The summed E-state index contributed by atoms with van der Waals surface area (Å²) in [5, 5.41) is 9.27. The molecular weight excluding hydrogens is 330 g/mol. The van der Waals surface area contributed by atoms with Crippen LogP contribution in [0.2, 0.25) is 0 Å². The van der Waals surface area contributed by atoms with Gasteiger partial charge in [-0.15, -0.1) is 0 Å². The van der Waals surface area contributed by atoms with Crippen molar-refractivity contribution in [1.29, 1.82) is 0 Å². The van der Waals surface area contributed by atoms with E-state index in [1.165, 1.54) is 0 Å². The molecular formula is C20H27N3O3. The van der Waals surface area contributed by atoms with Crippen LogP contribution in [-0.4, -0.2) is 52.3 Å². The van der Waals surface area contributed by atoms with E-state index in [2.05, 4.69) is 9.55 Å². The van der Waals surface area contributed by atoms with Crippen LogP contribution >= 0.6 is 0 Å². The third kappa shape index (κ3) is 4.07. The number of hydrogen-bond acceptors (Lipinski definition) is 4. The van der Waals surface area contributed by atoms with Crippen molar-refractivity contribution in [3.8, 4) is 5.75 Å². The first kappa shape index (κ1) is 18.5. The predicted octanol–water partition coefficient (Wildman–Crippen LogP) is 2.14. The van der Waals surface area contributed by atoms with E-state index in [0.29, 0.717) is 18.9 Å². The first-order chi connectivity index (χ1) is 12.6. The zero-order valence-corrected chi connectivity index (χ0v) is 15.5. The number of carbonyl (C=O) groups is 1. The lowest BCUT2D eigenvalue weighted by atomic mass is 9.95. The molecule has 1 saturated heterocycles. The summed E-state index contributed by atoms with van der Waals surface area (Å²) in [5.41, 5.74) is 2.05. The Labute approximate surface area is 154 Å². The van der Waals surface area contributed by atoms with Gasteiger partial charge in [0.1, 0.15) is 11.6 Å². The van der Waals surface area contributed by atoms with Gasteiger partial charge in [0.15, 0.2) is 0 Å². The molecule has 2 heterocycles. The van der Waals surface area contributed by atoms with Crippen molar-refractivity contribution in [3.63, 3.8) is 0 Å². The summed E-state index contributed by atoms with van der Waals surface area (Å²) >= 11 is 0. The number of methoxy groups -OCH3 is 1. The van der Waals surface area contributed by atoms with Crippen LogP contribution in [-0.2, 0) is 17.8 Å². The van der Waals surface area contributed by atoms with Gasteiger partial charge in [-0.25, -0.2) is 4.98 Å². The van der Waals surface area contributed by atoms with Crippen molar-refractivity contribution in [1.82, 2.24) is 14.5 Å². The van der Waals surface area contributed by atoms with Crippen LogP contribution in [0.3, 0.4) is 0 Å². The van der Waals surface area contributed by atoms with Gasteiger partial charge < -0.3 is 19.3 Å². The molecule has 0 atom stereocenters. The largest absolute Gasteiger partial charge is 0.497 e. The summed E-state index contributed by atoms with van der Waals surface area (Å²) in [6.45, 7) is 4.20. The second-order valence-electron chi connectivity index (χ2n) is 6.82. The lowest BCUT2D eigenvalue weighted by Gasteiger charge is -2.32. The zero-order valence-electron chi connectivity index (χ0n) is 15.5. The highest BCUT2D eigenvalue weighted by atomic mass is 16.5. The second-order valence-corrected chi connectivity index (χ2v) is 6.82. The van der Waals surface area contributed by atoms with Gasteiger partial charge in [0.2, 0.25) is 5.91 Å². The Morgan fingerprint density at radius 1 is 1.35 bits per heavy atom. The van der Waals surface area contributed by atoms with Crippen molar-refractivity contribution in [2.24, 2.45) is 0 Å². The molecule has 0 radical (unpaired) electrons. The summed E-state index contributed by atoms with van der Waals surface area (Å²) in [5.74, 6) is 2.32. The number of ether oxygens (including phenoxy) is 1. The average molecular weight is 357 g/mol. The SMILES string of the molecule is COc1cccc(CC(=O)N2CCC(c3ncc(C)n3CCO)CC2)c1. The van der Waals surface area contributed by atoms with Crippen molar-refractivity contribution in [3.05, 3.63) is 47.5 Å². The van der Waals surface area contributed by atoms with Gasteiger partial charge in [0.25, 0.3) is 0 Å². The van der Waals surface area contributed by atoms with E-state index in [1.54, 1.807) is 7.11 Å². The molecule has 1 aromatic carbocycles. The molecule has 140 valence electrons. The first-order valence-corrected chi connectivity index (χ1v) is 9.16. The van der Waals surface area contributed by atoms with E-state index in [4.69, 9.17) is 4.74 Å². The van der Waals surface area contributed by atoms with Crippen LogP contribution in [0, 0.1) is 6.92 Å². The number of aromatic nitrogens is 2. The van der Waals surface area contributed by atoms with Gasteiger partial charge in [-0.2, -0.15) is 0 Å². The number of aliphatic hydroxyl groups excluding tert-OH is 1. The number of piperidine rings is 1. The number of carbonyl (C=O) groups excluding carboxylic acids is 1. The molecule has 0 spiro atoms. The fraction of sp³-hybridized carbons (Fsp3) is 0.500. The maximum absolute atomic E-state index is 12.6. The number of nitrogens with zero attached hydrogens (tertiary/aromatic N) is 3. The van der Waals surface area contributed by atoms with Crippen molar-refractivity contribution in [2.45, 2.75) is 38.6 Å². The quantitative estimate of drug-likeness (QED) is 0.860. The lowest BCUT2D eigenvalue weighted by Crippen LogP contribution is -2.39. The molecule has 1 aliphatic rings. The van der Waals surface area contributed by atoms with Crippen LogP contribution in [0.15, 0.2) is 30.5 Å². The molecule has 0 unspecified atom stereocenters. The monoisotopic (exact) mass is 357 g/mol. The Bertz CT molecular complexity index is 749. The zero-order chi connectivity index (χ0) is 18.5. The molecule has 1 fully saturated rings. The fourth-order valence-electron chi connectivity index (χ4n) is 3.65. The van der Waals surface area contributed by atoms with Crippen LogP contribution in [0.4, 0.5) is 0 Å². The minimum Gasteiger partial charge on any atom is -0.497 e. The predicted molar refractivity (Wildman–Crippen MR) is 99.3 cm³/mol. The normalized spacial score (nSPS) is 15.3. The van der Waals surface area contributed by atoms with Gasteiger partial charge >= 0.3 is 0 Å². The molecule has 1 aliphatic heterocycles. The summed E-state index contributed by atoms with van der Waals surface area (Å²) in [7, 11) is 1.63. The molecule has 2 aromatic rings. The number of benzene rings is 1.